The van der Waals surface area contributed by atoms with Crippen LogP contribution in [0, 0.1) is 6.92 Å². The maximum Gasteiger partial charge on any atom is 0.137 e. The lowest BCUT2D eigenvalue weighted by molar-refractivity contribution is 0.483. The molecular weight excluding hydrogens is 917 g/mol. The summed E-state index contributed by atoms with van der Waals surface area (Å²) in [6.07, 6.45) is 5.37. The number of benzene rings is 8. The fourth-order valence-corrected chi connectivity index (χ4v) is 11.6. The van der Waals surface area contributed by atoms with E-state index in [0.717, 1.165) is 81.3 Å². The van der Waals surface area contributed by atoms with Crippen molar-refractivity contribution < 1.29 is 4.74 Å². The van der Waals surface area contributed by atoms with Gasteiger partial charge in [-0.2, -0.15) is 0 Å². The molecule has 0 saturated heterocycles. The molecule has 0 atom stereocenters. The summed E-state index contributed by atoms with van der Waals surface area (Å²) >= 11 is 0. The van der Waals surface area contributed by atoms with Crippen LogP contribution in [-0.4, -0.2) is 25.8 Å². The smallest absolute Gasteiger partial charge is 0.137 e. The van der Waals surface area contributed by atoms with Gasteiger partial charge in [0.1, 0.15) is 29.8 Å². The summed E-state index contributed by atoms with van der Waals surface area (Å²) in [4.78, 5) is 15.4. The van der Waals surface area contributed by atoms with E-state index < -0.39 is 0 Å². The number of pyridine rings is 1. The molecule has 13 rings (SSSR count). The van der Waals surface area contributed by atoms with Crippen molar-refractivity contribution in [3.63, 3.8) is 0 Å². The highest BCUT2D eigenvalue weighted by molar-refractivity contribution is 6.10. The summed E-state index contributed by atoms with van der Waals surface area (Å²) in [5.74, 6) is 3.57. The van der Waals surface area contributed by atoms with Crippen molar-refractivity contribution in [2.75, 3.05) is 16.5 Å². The van der Waals surface area contributed by atoms with Gasteiger partial charge >= 0.3 is 0 Å². The second-order valence-electron chi connectivity index (χ2n) is 22.7. The molecule has 0 unspecified atom stereocenters. The van der Waals surface area contributed by atoms with Gasteiger partial charge in [-0.05, 0) is 119 Å². The van der Waals surface area contributed by atoms with Crippen molar-refractivity contribution in [3.05, 3.63) is 211 Å². The van der Waals surface area contributed by atoms with E-state index in [4.69, 9.17) is 14.7 Å². The number of hydrogen-bond acceptors (Lipinski definition) is 5. The van der Waals surface area contributed by atoms with E-state index in [1.54, 1.807) is 0 Å². The summed E-state index contributed by atoms with van der Waals surface area (Å²) in [5, 5.41) is 2.35. The molecule has 7 nitrogen and oxygen atoms in total. The number of hydrogen-bond donors (Lipinski definition) is 0. The third-order valence-corrected chi connectivity index (χ3v) is 15.7. The van der Waals surface area contributed by atoms with Crippen LogP contribution >= 0.6 is 0 Å². The monoisotopic (exact) mass is 978 g/mol. The number of imidazole rings is 1. The average Bonchev–Trinajstić information content (AvgIpc) is 4.13. The molecule has 2 aliphatic rings. The molecular formula is C68H62N6O. The van der Waals surface area contributed by atoms with Crippen LogP contribution in [0.3, 0.4) is 0 Å². The molecule has 11 aromatic rings. The number of para-hydroxylation sites is 1. The molecule has 0 aliphatic carbocycles. The molecule has 0 N–H and O–H groups in total. The Kier molecular flexibility index (Phi) is 11.1. The zero-order valence-corrected chi connectivity index (χ0v) is 44.0. The summed E-state index contributed by atoms with van der Waals surface area (Å²) < 4.78 is 11.7. The molecule has 0 radical (unpaired) electrons. The lowest BCUT2D eigenvalue weighted by Crippen LogP contribution is -2.25. The number of nitrogens with zero attached hydrogens (tertiary/aromatic N) is 6. The third-order valence-electron chi connectivity index (χ3n) is 15.7. The molecule has 2 aliphatic heterocycles. The largest absolute Gasteiger partial charge is 0.457 e. The fraction of sp³-hybridized carbons (Fsp3) is 0.206. The SMILES string of the molecule is Cc1cc(-n2c3ccc(C(C)(C)C)cc3c3ccc(Oc4cccc(N5CN(c6c(-c7ccccc7)cccc6-c6ccccc6)c6cc7c(cc65)nc5n7CCCC5)c4)cc32)ncc1-c1ccc(C(C)(C)C)cc1. The fourth-order valence-electron chi connectivity index (χ4n) is 11.6. The van der Waals surface area contributed by atoms with Gasteiger partial charge in [0.25, 0.3) is 0 Å². The Hall–Kier alpha value is -8.42. The Morgan fingerprint density at radius 1 is 0.507 bits per heavy atom. The van der Waals surface area contributed by atoms with Crippen LogP contribution in [0.25, 0.3) is 72.0 Å². The van der Waals surface area contributed by atoms with Crippen molar-refractivity contribution in [1.29, 1.82) is 0 Å². The van der Waals surface area contributed by atoms with E-state index in [1.165, 1.54) is 73.3 Å². The van der Waals surface area contributed by atoms with E-state index >= 15 is 0 Å². The Bertz CT molecular complexity index is 3930. The first-order chi connectivity index (χ1) is 36.3. The van der Waals surface area contributed by atoms with Crippen LogP contribution in [0.15, 0.2) is 188 Å². The van der Waals surface area contributed by atoms with Crippen LogP contribution in [-0.2, 0) is 23.8 Å². The lowest BCUT2D eigenvalue weighted by atomic mass is 9.86. The highest BCUT2D eigenvalue weighted by Crippen LogP contribution is 2.52. The minimum atomic E-state index is -0.0118. The number of anilines is 4. The first kappa shape index (κ1) is 46.4. The summed E-state index contributed by atoms with van der Waals surface area (Å²) in [7, 11) is 0. The standard InChI is InChI=1S/C68H62N6O/c1-44-36-65(69-42-57(44)47-27-29-48(30-28-47)67(2,3)4)74-59-34-31-49(68(5,6)7)37-56(59)55-33-32-52(39-60(55)74)75-51-23-16-22-50(38-51)72-43-73(63-41-61-58(40-62(63)72)70-64-26-14-15-35-71(61)64)66-53(45-18-10-8-11-19-45)24-17-25-54(66)46-20-12-9-13-21-46/h8-13,16-25,27-34,36-42H,14-15,26,35,43H2,1-7H3. The molecule has 75 heavy (non-hydrogen) atoms. The van der Waals surface area contributed by atoms with Gasteiger partial charge in [0.2, 0.25) is 0 Å². The van der Waals surface area contributed by atoms with Crippen molar-refractivity contribution in [2.45, 2.75) is 85.1 Å². The number of rotatable bonds is 8. The quantitative estimate of drug-likeness (QED) is 0.152. The van der Waals surface area contributed by atoms with Crippen LogP contribution in [0.1, 0.15) is 76.9 Å². The minimum absolute atomic E-state index is 0.0118. The summed E-state index contributed by atoms with van der Waals surface area (Å²) in [6, 6.07) is 66.2. The predicted molar refractivity (Wildman–Crippen MR) is 312 cm³/mol. The van der Waals surface area contributed by atoms with Crippen LogP contribution < -0.4 is 14.5 Å². The first-order valence-corrected chi connectivity index (χ1v) is 26.6. The van der Waals surface area contributed by atoms with Gasteiger partial charge < -0.3 is 19.1 Å². The Balaban J connectivity index is 0.908. The van der Waals surface area contributed by atoms with E-state index in [9.17, 15) is 0 Å². The van der Waals surface area contributed by atoms with Crippen LogP contribution in [0.5, 0.6) is 11.5 Å². The van der Waals surface area contributed by atoms with Crippen LogP contribution in [0.2, 0.25) is 0 Å². The van der Waals surface area contributed by atoms with Gasteiger partial charge in [-0.3, -0.25) is 4.57 Å². The van der Waals surface area contributed by atoms with Gasteiger partial charge in [-0.1, -0.05) is 157 Å². The van der Waals surface area contributed by atoms with Gasteiger partial charge in [0, 0.05) is 64.4 Å². The van der Waals surface area contributed by atoms with Gasteiger partial charge in [-0.25, -0.2) is 9.97 Å². The van der Waals surface area contributed by atoms with Crippen molar-refractivity contribution in [1.82, 2.24) is 19.1 Å². The molecule has 5 heterocycles. The van der Waals surface area contributed by atoms with E-state index in [1.807, 2.05) is 6.20 Å². The van der Waals surface area contributed by atoms with E-state index in [-0.39, 0.29) is 10.8 Å². The normalized spacial score (nSPS) is 13.7. The first-order valence-electron chi connectivity index (χ1n) is 26.6. The summed E-state index contributed by atoms with van der Waals surface area (Å²) in [5.41, 5.74) is 19.8. The van der Waals surface area contributed by atoms with E-state index in [0.29, 0.717) is 6.67 Å². The van der Waals surface area contributed by atoms with Gasteiger partial charge in [0.15, 0.2) is 0 Å². The number of ether oxygens (including phenoxy) is 1. The Labute approximate surface area is 440 Å². The second-order valence-corrected chi connectivity index (χ2v) is 22.7. The predicted octanol–water partition coefficient (Wildman–Crippen LogP) is 17.8. The molecule has 0 fully saturated rings. The molecule has 370 valence electrons. The number of aromatic nitrogens is 4. The molecule has 0 spiro atoms. The molecule has 3 aromatic heterocycles. The minimum Gasteiger partial charge on any atom is -0.457 e. The maximum absolute atomic E-state index is 6.97. The summed E-state index contributed by atoms with van der Waals surface area (Å²) in [6.45, 7) is 17.4. The number of aryl methyl sites for hydroxylation is 3. The number of fused-ring (bicyclic) bond motifs is 7. The van der Waals surface area contributed by atoms with Crippen molar-refractivity contribution >= 4 is 55.6 Å². The Morgan fingerprint density at radius 2 is 1.17 bits per heavy atom. The molecule has 0 saturated carbocycles. The van der Waals surface area contributed by atoms with Crippen molar-refractivity contribution in [3.8, 4) is 50.7 Å². The highest BCUT2D eigenvalue weighted by Gasteiger charge is 2.34. The average molecular weight is 979 g/mol. The zero-order valence-electron chi connectivity index (χ0n) is 44.0. The maximum atomic E-state index is 6.97. The molecule has 7 heteroatoms. The second kappa shape index (κ2) is 17.9. The van der Waals surface area contributed by atoms with Gasteiger partial charge in [-0.15, -0.1) is 0 Å². The van der Waals surface area contributed by atoms with Crippen molar-refractivity contribution in [2.24, 2.45) is 0 Å². The third kappa shape index (κ3) is 8.22. The Morgan fingerprint density at radius 3 is 1.88 bits per heavy atom. The lowest BCUT2D eigenvalue weighted by Gasteiger charge is -2.27. The zero-order chi connectivity index (χ0) is 51.2. The molecule has 0 bridgehead atoms. The van der Waals surface area contributed by atoms with Crippen LogP contribution in [0.4, 0.5) is 22.7 Å². The topological polar surface area (TPSA) is 51.4 Å². The van der Waals surface area contributed by atoms with E-state index in [2.05, 4.69) is 249 Å². The molecule has 8 aromatic carbocycles. The van der Waals surface area contributed by atoms with Gasteiger partial charge in [0.05, 0.1) is 39.1 Å². The highest BCUT2D eigenvalue weighted by atomic mass is 16.5. The molecule has 0 amide bonds.